The van der Waals surface area contributed by atoms with Crippen LogP contribution >= 0.6 is 0 Å². The Bertz CT molecular complexity index is 459. The maximum Gasteiger partial charge on any atom is 0.249 e. The van der Waals surface area contributed by atoms with E-state index in [0.717, 1.165) is 32.5 Å². The van der Waals surface area contributed by atoms with Crippen LogP contribution < -0.4 is 16.2 Å². The van der Waals surface area contributed by atoms with Gasteiger partial charge in [-0.05, 0) is 45.3 Å². The Labute approximate surface area is 115 Å². The quantitative estimate of drug-likeness (QED) is 0.548. The van der Waals surface area contributed by atoms with Gasteiger partial charge in [-0.2, -0.15) is 0 Å². The molecule has 1 rings (SSSR count). The van der Waals surface area contributed by atoms with Crippen LogP contribution in [0.3, 0.4) is 0 Å². The van der Waals surface area contributed by atoms with Gasteiger partial charge in [-0.25, -0.2) is 0 Å². The first-order chi connectivity index (χ1) is 8.99. The fraction of sp³-hybridized carbons (Fsp3) is 0.733. The van der Waals surface area contributed by atoms with E-state index in [9.17, 15) is 9.59 Å². The Balaban J connectivity index is 2.29. The third-order valence-electron chi connectivity index (χ3n) is 3.40. The molecule has 4 nitrogen and oxygen atoms in total. The molecule has 1 aromatic carbocycles. The van der Waals surface area contributed by atoms with Crippen molar-refractivity contribution in [3.63, 3.8) is 0 Å². The summed E-state index contributed by atoms with van der Waals surface area (Å²) >= 11 is 0. The highest BCUT2D eigenvalue weighted by atomic mass is 16.2. The summed E-state index contributed by atoms with van der Waals surface area (Å²) in [6.45, 7) is 9.05. The molecule has 0 bridgehead atoms. The third kappa shape index (κ3) is 4.16. The predicted molar refractivity (Wildman–Crippen MR) is 81.0 cm³/mol. The van der Waals surface area contributed by atoms with Gasteiger partial charge in [-0.1, -0.05) is 20.8 Å². The smallest absolute Gasteiger partial charge is 0.249 e. The highest BCUT2D eigenvalue weighted by Crippen LogP contribution is 2.18. The second kappa shape index (κ2) is 7.43. The predicted octanol–water partition coefficient (Wildman–Crippen LogP) is 1.94. The Morgan fingerprint density at radius 2 is 1.79 bits per heavy atom. The van der Waals surface area contributed by atoms with Gasteiger partial charge in [0.25, 0.3) is 0 Å². The number of hydrogen-bond acceptors (Lipinski definition) is 4. The fourth-order valence-electron chi connectivity index (χ4n) is 2.35. The number of anilines is 1. The Morgan fingerprint density at radius 1 is 1.11 bits per heavy atom. The Morgan fingerprint density at radius 3 is 2.37 bits per heavy atom. The van der Waals surface area contributed by atoms with E-state index in [2.05, 4.69) is 24.2 Å². The zero-order valence-corrected chi connectivity index (χ0v) is 12.6. The maximum absolute atomic E-state index is 11.5. The van der Waals surface area contributed by atoms with Gasteiger partial charge < -0.3 is 10.2 Å². The van der Waals surface area contributed by atoms with Gasteiger partial charge in [0.15, 0.2) is 0 Å². The molecule has 1 N–H and O–H groups in total. The van der Waals surface area contributed by atoms with E-state index in [4.69, 9.17) is 0 Å². The largest absolute Gasteiger partial charge is 0.381 e. The van der Waals surface area contributed by atoms with E-state index in [1.54, 1.807) is 0 Å². The van der Waals surface area contributed by atoms with Crippen molar-refractivity contribution in [1.29, 1.82) is 0 Å². The lowest BCUT2D eigenvalue weighted by Gasteiger charge is -2.17. The van der Waals surface area contributed by atoms with Crippen LogP contribution in [0.25, 0.3) is 0 Å². The summed E-state index contributed by atoms with van der Waals surface area (Å²) in [4.78, 5) is 25.2. The van der Waals surface area contributed by atoms with Crippen LogP contribution in [0, 0.1) is 0 Å². The van der Waals surface area contributed by atoms with Crippen molar-refractivity contribution in [1.82, 2.24) is 4.90 Å². The molecular weight excluding hydrogens is 240 g/mol. The molecule has 0 unspecified atom stereocenters. The molecule has 0 saturated carbocycles. The summed E-state index contributed by atoms with van der Waals surface area (Å²) in [6, 6.07) is 0. The normalized spacial score (nSPS) is 11.7. The molecule has 0 spiro atoms. The van der Waals surface area contributed by atoms with Crippen LogP contribution in [0.2, 0.25) is 0 Å². The van der Waals surface area contributed by atoms with Gasteiger partial charge in [0.1, 0.15) is 0 Å². The molecule has 0 atom stereocenters. The molecule has 0 amide bonds. The van der Waals surface area contributed by atoms with Crippen molar-refractivity contribution < 1.29 is 0 Å². The summed E-state index contributed by atoms with van der Waals surface area (Å²) in [6.07, 6.45) is 3.30. The topological polar surface area (TPSA) is 49.4 Å². The van der Waals surface area contributed by atoms with Crippen LogP contribution in [-0.4, -0.2) is 31.6 Å². The molecule has 1 aromatic rings. The summed E-state index contributed by atoms with van der Waals surface area (Å²) in [7, 11) is 2.13. The number of rotatable bonds is 9. The zero-order chi connectivity index (χ0) is 14.4. The molecule has 0 radical (unpaired) electrons. The van der Waals surface area contributed by atoms with Gasteiger partial charge >= 0.3 is 0 Å². The van der Waals surface area contributed by atoms with Crippen LogP contribution in [0.1, 0.15) is 51.5 Å². The van der Waals surface area contributed by atoms with Crippen molar-refractivity contribution >= 4 is 5.69 Å². The van der Waals surface area contributed by atoms with Crippen LogP contribution in [0.4, 0.5) is 5.69 Å². The molecule has 0 aliphatic rings. The number of hydrogen-bond donors (Lipinski definition) is 1. The minimum absolute atomic E-state index is 0.128. The molecule has 108 valence electrons. The third-order valence-corrected chi connectivity index (χ3v) is 3.40. The van der Waals surface area contributed by atoms with E-state index >= 15 is 0 Å². The van der Waals surface area contributed by atoms with E-state index in [1.807, 2.05) is 13.8 Å². The van der Waals surface area contributed by atoms with Crippen LogP contribution in [0.5, 0.6) is 0 Å². The molecule has 19 heavy (non-hydrogen) atoms. The zero-order valence-electron chi connectivity index (χ0n) is 12.6. The van der Waals surface area contributed by atoms with Crippen LogP contribution in [0.15, 0.2) is 9.59 Å². The summed E-state index contributed by atoms with van der Waals surface area (Å²) in [5.74, 6) is 0.128. The van der Waals surface area contributed by atoms with Crippen molar-refractivity contribution in [2.24, 2.45) is 0 Å². The van der Waals surface area contributed by atoms with Crippen molar-refractivity contribution in [3.8, 4) is 0 Å². The van der Waals surface area contributed by atoms with Crippen molar-refractivity contribution in [2.75, 3.05) is 32.0 Å². The summed E-state index contributed by atoms with van der Waals surface area (Å²) in [5, 5.41) is 3.13. The van der Waals surface area contributed by atoms with Gasteiger partial charge in [-0.15, -0.1) is 0 Å². The first kappa shape index (κ1) is 15.9. The minimum atomic E-state index is -0.341. The molecule has 0 heterocycles. The van der Waals surface area contributed by atoms with E-state index in [1.165, 1.54) is 6.42 Å². The molecule has 0 aromatic heterocycles. The van der Waals surface area contributed by atoms with E-state index in [-0.39, 0.29) is 16.8 Å². The SMILES string of the molecule is CCCN(C)CCCCNc1c(C(C)C)c(=O)c1=O. The lowest BCUT2D eigenvalue weighted by molar-refractivity contribution is 0.328. The molecule has 0 fully saturated rings. The Hall–Kier alpha value is -1.16. The highest BCUT2D eigenvalue weighted by Gasteiger charge is 2.22. The molecule has 0 saturated heterocycles. The lowest BCUT2D eigenvalue weighted by atomic mass is 9.96. The lowest BCUT2D eigenvalue weighted by Crippen LogP contribution is -2.39. The van der Waals surface area contributed by atoms with Gasteiger partial charge in [0.2, 0.25) is 10.9 Å². The molecule has 0 aliphatic heterocycles. The highest BCUT2D eigenvalue weighted by molar-refractivity contribution is 5.57. The summed E-state index contributed by atoms with van der Waals surface area (Å²) in [5.41, 5.74) is 0.585. The summed E-state index contributed by atoms with van der Waals surface area (Å²) < 4.78 is 0. The van der Waals surface area contributed by atoms with Gasteiger partial charge in [-0.3, -0.25) is 9.59 Å². The average molecular weight is 266 g/mol. The van der Waals surface area contributed by atoms with Crippen molar-refractivity contribution in [3.05, 3.63) is 26.0 Å². The van der Waals surface area contributed by atoms with Gasteiger partial charge in [0.05, 0.1) is 5.69 Å². The van der Waals surface area contributed by atoms with E-state index < -0.39 is 0 Å². The minimum Gasteiger partial charge on any atom is -0.381 e. The second-order valence-corrected chi connectivity index (χ2v) is 5.54. The first-order valence-electron chi connectivity index (χ1n) is 7.24. The maximum atomic E-state index is 11.5. The molecule has 4 heteroatoms. The van der Waals surface area contributed by atoms with Gasteiger partial charge in [0, 0.05) is 12.1 Å². The number of unbranched alkanes of at least 4 members (excludes halogenated alkanes) is 1. The first-order valence-corrected chi connectivity index (χ1v) is 7.24. The van der Waals surface area contributed by atoms with Crippen LogP contribution in [-0.2, 0) is 0 Å². The molecule has 0 aliphatic carbocycles. The standard InChI is InChI=1S/C15H26N2O2/c1-5-9-17(4)10-7-6-8-16-13-12(11(2)3)14(18)15(13)19/h11,16H,5-10H2,1-4H3. The number of nitrogens with one attached hydrogen (secondary N) is 1. The fourth-order valence-corrected chi connectivity index (χ4v) is 2.35. The second-order valence-electron chi connectivity index (χ2n) is 5.54. The van der Waals surface area contributed by atoms with E-state index in [0.29, 0.717) is 11.3 Å². The average Bonchev–Trinajstić information content (AvgIpc) is 2.36. The monoisotopic (exact) mass is 266 g/mol. The molecular formula is C15H26N2O2. The number of nitrogens with zero attached hydrogens (tertiary/aromatic N) is 1. The Kier molecular flexibility index (Phi) is 6.22. The van der Waals surface area contributed by atoms with Crippen molar-refractivity contribution in [2.45, 2.75) is 46.0 Å².